The van der Waals surface area contributed by atoms with Crippen molar-refractivity contribution in [3.8, 4) is 11.5 Å². The van der Waals surface area contributed by atoms with Crippen LogP contribution < -0.4 is 20.2 Å². The van der Waals surface area contributed by atoms with Gasteiger partial charge in [0.2, 0.25) is 0 Å². The first-order chi connectivity index (χ1) is 18.1. The lowest BCUT2D eigenvalue weighted by Crippen LogP contribution is -2.23. The average molecular weight is 497 g/mol. The molecule has 0 atom stereocenters. The number of hydrazone groups is 1. The van der Waals surface area contributed by atoms with Crippen LogP contribution in [0.15, 0.2) is 64.1 Å². The molecular formula is C28H24N4O5. The molecule has 0 radical (unpaired) electrons. The molecule has 0 bridgehead atoms. The van der Waals surface area contributed by atoms with Gasteiger partial charge in [0.05, 0.1) is 11.2 Å². The van der Waals surface area contributed by atoms with E-state index in [1.807, 2.05) is 37.3 Å². The number of amides is 2. The molecule has 3 heterocycles. The number of hydrogen-bond donors (Lipinski definition) is 2. The minimum Gasteiger partial charge on any atom is -0.486 e. The van der Waals surface area contributed by atoms with E-state index in [0.29, 0.717) is 60.3 Å². The minimum atomic E-state index is -0.400. The highest BCUT2D eigenvalue weighted by Gasteiger charge is 2.28. The minimum absolute atomic E-state index is 0.219. The number of anilines is 1. The smallest absolute Gasteiger partial charge is 0.291 e. The fraction of sp³-hybridized carbons (Fsp3) is 0.214. The Morgan fingerprint density at radius 2 is 1.78 bits per heavy atom. The van der Waals surface area contributed by atoms with Gasteiger partial charge in [-0.15, -0.1) is 0 Å². The second kappa shape index (κ2) is 9.42. The Morgan fingerprint density at radius 3 is 2.68 bits per heavy atom. The Bertz CT molecular complexity index is 1570. The number of hydrogen-bond acceptors (Lipinski definition) is 7. The first-order valence-electron chi connectivity index (χ1n) is 12.1. The van der Waals surface area contributed by atoms with E-state index in [1.54, 1.807) is 24.3 Å². The van der Waals surface area contributed by atoms with Crippen LogP contribution in [0.25, 0.3) is 10.9 Å². The number of fused-ring (bicyclic) bond motifs is 3. The molecule has 2 aromatic heterocycles. The SMILES string of the molecule is Cc1c(C(=O)Nc2ccc3c(c2)OCCO3)oc2c1/C(=N/NC(=O)c1ccc3ccccc3n1)CCC2. The van der Waals surface area contributed by atoms with Crippen LogP contribution in [0, 0.1) is 6.92 Å². The Morgan fingerprint density at radius 1 is 0.946 bits per heavy atom. The average Bonchev–Trinajstić information content (AvgIpc) is 3.28. The number of nitrogens with zero attached hydrogens (tertiary/aromatic N) is 2. The maximum absolute atomic E-state index is 13.1. The molecule has 2 aliphatic rings. The number of carbonyl (C=O) groups excluding carboxylic acids is 2. The van der Waals surface area contributed by atoms with Crippen LogP contribution in [0.3, 0.4) is 0 Å². The summed E-state index contributed by atoms with van der Waals surface area (Å²) in [6.45, 7) is 2.79. The first-order valence-corrected chi connectivity index (χ1v) is 12.1. The van der Waals surface area contributed by atoms with Crippen molar-refractivity contribution in [2.24, 2.45) is 5.10 Å². The van der Waals surface area contributed by atoms with Gasteiger partial charge in [-0.1, -0.05) is 24.3 Å². The van der Waals surface area contributed by atoms with Crippen molar-refractivity contribution in [3.05, 3.63) is 82.9 Å². The van der Waals surface area contributed by atoms with Crippen LogP contribution in [-0.2, 0) is 6.42 Å². The summed E-state index contributed by atoms with van der Waals surface area (Å²) in [6, 6.07) is 16.4. The fourth-order valence-corrected chi connectivity index (χ4v) is 4.67. The lowest BCUT2D eigenvalue weighted by Gasteiger charge is -2.18. The third kappa shape index (κ3) is 4.40. The van der Waals surface area contributed by atoms with Gasteiger partial charge in [-0.25, -0.2) is 10.4 Å². The largest absolute Gasteiger partial charge is 0.486 e. The molecule has 0 fully saturated rings. The first kappa shape index (κ1) is 22.8. The molecule has 37 heavy (non-hydrogen) atoms. The number of rotatable bonds is 4. The van der Waals surface area contributed by atoms with Gasteiger partial charge in [-0.05, 0) is 44.0 Å². The maximum Gasteiger partial charge on any atom is 0.291 e. The molecule has 2 N–H and O–H groups in total. The molecule has 0 saturated carbocycles. The van der Waals surface area contributed by atoms with Gasteiger partial charge in [-0.2, -0.15) is 5.10 Å². The lowest BCUT2D eigenvalue weighted by atomic mass is 9.93. The van der Waals surface area contributed by atoms with Crippen molar-refractivity contribution in [3.63, 3.8) is 0 Å². The highest BCUT2D eigenvalue weighted by atomic mass is 16.6. The van der Waals surface area contributed by atoms with Crippen LogP contribution >= 0.6 is 0 Å². The third-order valence-electron chi connectivity index (χ3n) is 6.46. The summed E-state index contributed by atoms with van der Waals surface area (Å²) in [4.78, 5) is 30.3. The highest BCUT2D eigenvalue weighted by Crippen LogP contribution is 2.34. The van der Waals surface area contributed by atoms with Gasteiger partial charge in [0.1, 0.15) is 24.7 Å². The van der Waals surface area contributed by atoms with Crippen LogP contribution in [0.4, 0.5) is 5.69 Å². The summed E-state index contributed by atoms with van der Waals surface area (Å²) in [5, 5.41) is 8.23. The predicted molar refractivity (Wildman–Crippen MR) is 138 cm³/mol. The summed E-state index contributed by atoms with van der Waals surface area (Å²) >= 11 is 0. The van der Waals surface area contributed by atoms with Gasteiger partial charge in [-0.3, -0.25) is 9.59 Å². The van der Waals surface area contributed by atoms with Crippen molar-refractivity contribution in [1.29, 1.82) is 0 Å². The molecule has 186 valence electrons. The zero-order valence-electron chi connectivity index (χ0n) is 20.2. The van der Waals surface area contributed by atoms with E-state index in [-0.39, 0.29) is 17.4 Å². The van der Waals surface area contributed by atoms with E-state index in [1.165, 1.54) is 0 Å². The molecule has 0 saturated heterocycles. The van der Waals surface area contributed by atoms with Gasteiger partial charge in [0.25, 0.3) is 11.8 Å². The second-order valence-corrected chi connectivity index (χ2v) is 8.91. The molecule has 2 amide bonds. The van der Waals surface area contributed by atoms with E-state index < -0.39 is 5.91 Å². The summed E-state index contributed by atoms with van der Waals surface area (Å²) in [5.41, 5.74) is 6.35. The second-order valence-electron chi connectivity index (χ2n) is 8.91. The topological polar surface area (TPSA) is 115 Å². The lowest BCUT2D eigenvalue weighted by molar-refractivity contribution is 0.0949. The molecule has 1 aliphatic carbocycles. The normalized spacial score (nSPS) is 15.3. The van der Waals surface area contributed by atoms with E-state index in [4.69, 9.17) is 13.9 Å². The van der Waals surface area contributed by atoms with Gasteiger partial charge < -0.3 is 19.2 Å². The Balaban J connectivity index is 1.22. The number of aromatic nitrogens is 1. The summed E-state index contributed by atoms with van der Waals surface area (Å²) < 4.78 is 17.1. The molecule has 9 nitrogen and oxygen atoms in total. The van der Waals surface area contributed by atoms with Crippen molar-refractivity contribution in [2.45, 2.75) is 26.2 Å². The third-order valence-corrected chi connectivity index (χ3v) is 6.46. The van der Waals surface area contributed by atoms with Crippen molar-refractivity contribution in [1.82, 2.24) is 10.4 Å². The quantitative estimate of drug-likeness (QED) is 0.398. The van der Waals surface area contributed by atoms with Crippen molar-refractivity contribution >= 4 is 34.1 Å². The Hall–Kier alpha value is -4.66. The van der Waals surface area contributed by atoms with E-state index in [9.17, 15) is 9.59 Å². The van der Waals surface area contributed by atoms with Crippen molar-refractivity contribution < 1.29 is 23.5 Å². The standard InChI is InChI=1S/C28H24N4O5/c1-16-25-20(31-32-27(33)21-11-9-17-5-2-3-6-19(17)30-21)7-4-8-23(25)37-26(16)28(34)29-18-10-12-22-24(15-18)36-14-13-35-22/h2-3,5-6,9-12,15H,4,7-8,13-14H2,1H3,(H,29,34)(H,32,33)/b31-20+. The monoisotopic (exact) mass is 496 g/mol. The number of benzene rings is 2. The molecule has 4 aromatic rings. The molecule has 0 spiro atoms. The summed E-state index contributed by atoms with van der Waals surface area (Å²) in [6.07, 6.45) is 2.14. The molecule has 9 heteroatoms. The zero-order valence-corrected chi connectivity index (χ0v) is 20.2. The van der Waals surface area contributed by atoms with Crippen LogP contribution in [-0.4, -0.2) is 35.7 Å². The molecular weight excluding hydrogens is 472 g/mol. The summed E-state index contributed by atoms with van der Waals surface area (Å²) in [7, 11) is 0. The Labute approximate surface area is 212 Å². The number of pyridine rings is 1. The number of para-hydroxylation sites is 1. The van der Waals surface area contributed by atoms with Crippen LogP contribution in [0.2, 0.25) is 0 Å². The van der Waals surface area contributed by atoms with Crippen molar-refractivity contribution in [2.75, 3.05) is 18.5 Å². The van der Waals surface area contributed by atoms with Gasteiger partial charge in [0.15, 0.2) is 17.3 Å². The number of furan rings is 1. The van der Waals surface area contributed by atoms with Crippen LogP contribution in [0.1, 0.15) is 50.8 Å². The maximum atomic E-state index is 13.1. The number of ether oxygens (including phenoxy) is 2. The van der Waals surface area contributed by atoms with E-state index in [0.717, 1.165) is 22.9 Å². The molecule has 2 aromatic carbocycles. The molecule has 1 aliphatic heterocycles. The number of carbonyl (C=O) groups is 2. The highest BCUT2D eigenvalue weighted by molar-refractivity contribution is 6.09. The molecule has 0 unspecified atom stereocenters. The zero-order chi connectivity index (χ0) is 25.4. The van der Waals surface area contributed by atoms with Gasteiger partial charge in [0, 0.05) is 34.7 Å². The van der Waals surface area contributed by atoms with Gasteiger partial charge >= 0.3 is 0 Å². The van der Waals surface area contributed by atoms with E-state index >= 15 is 0 Å². The molecule has 6 rings (SSSR count). The van der Waals surface area contributed by atoms with E-state index in [2.05, 4.69) is 20.8 Å². The fourth-order valence-electron chi connectivity index (χ4n) is 4.67. The number of aryl methyl sites for hydroxylation is 1. The van der Waals surface area contributed by atoms with Crippen LogP contribution in [0.5, 0.6) is 11.5 Å². The predicted octanol–water partition coefficient (Wildman–Crippen LogP) is 4.63. The number of nitrogens with one attached hydrogen (secondary N) is 2. The Kier molecular flexibility index (Phi) is 5.80. The summed E-state index contributed by atoms with van der Waals surface area (Å²) in [5.74, 6) is 1.38.